The first-order valence-electron chi connectivity index (χ1n) is 4.13. The summed E-state index contributed by atoms with van der Waals surface area (Å²) in [5.74, 6) is 0. The monoisotopic (exact) mass is 205 g/mol. The Bertz CT molecular complexity index is 468. The first kappa shape index (κ1) is 11.1. The van der Waals surface area contributed by atoms with Crippen molar-refractivity contribution in [2.45, 2.75) is 0 Å². The van der Waals surface area contributed by atoms with Gasteiger partial charge in [-0.3, -0.25) is 5.21 Å². The van der Waals surface area contributed by atoms with Crippen molar-refractivity contribution in [3.8, 4) is 0 Å². The molecule has 0 aliphatic rings. The summed E-state index contributed by atoms with van der Waals surface area (Å²) in [6.45, 7) is 0. The summed E-state index contributed by atoms with van der Waals surface area (Å²) < 4.78 is 0. The predicted molar refractivity (Wildman–Crippen MR) is 59.0 cm³/mol. The number of hydrogen-bond donors (Lipinski definition) is 2. The molecule has 2 rings (SSSR count). The fourth-order valence-corrected chi connectivity index (χ4v) is 1.43. The minimum absolute atomic E-state index is 0. The van der Waals surface area contributed by atoms with Gasteiger partial charge in [0.25, 0.3) is 0 Å². The molecule has 15 heavy (non-hydrogen) atoms. The van der Waals surface area contributed by atoms with Crippen molar-refractivity contribution in [2.24, 2.45) is 5.29 Å². The standard InChI is InChI=1S/C10H8N2O2.H3N/c13-11-12(14)10-7-3-5-8-4-1-2-6-9(8)10;/h1-7,14H;1H3. The van der Waals surface area contributed by atoms with Crippen LogP contribution in [-0.4, -0.2) is 5.21 Å². The van der Waals surface area contributed by atoms with Crippen LogP contribution in [0.2, 0.25) is 0 Å². The molecular formula is C10H11N3O2. The van der Waals surface area contributed by atoms with Gasteiger partial charge in [-0.05, 0) is 11.5 Å². The van der Waals surface area contributed by atoms with E-state index in [-0.39, 0.29) is 6.15 Å². The van der Waals surface area contributed by atoms with E-state index < -0.39 is 0 Å². The highest BCUT2D eigenvalue weighted by molar-refractivity contribution is 5.93. The second kappa shape index (κ2) is 4.50. The van der Waals surface area contributed by atoms with Crippen LogP contribution in [0.3, 0.4) is 0 Å². The lowest BCUT2D eigenvalue weighted by atomic mass is 10.1. The lowest BCUT2D eigenvalue weighted by molar-refractivity contribution is 0.259. The highest BCUT2D eigenvalue weighted by Gasteiger charge is 2.06. The Balaban J connectivity index is 0.00000112. The molecule has 0 aliphatic heterocycles. The normalized spacial score (nSPS) is 9.40. The summed E-state index contributed by atoms with van der Waals surface area (Å²) in [5, 5.41) is 13.7. The van der Waals surface area contributed by atoms with Crippen molar-refractivity contribution >= 4 is 16.5 Å². The van der Waals surface area contributed by atoms with Crippen LogP contribution in [0.1, 0.15) is 0 Å². The zero-order valence-corrected chi connectivity index (χ0v) is 8.00. The quantitative estimate of drug-likeness (QED) is 0.582. The average Bonchev–Trinajstić information content (AvgIpc) is 2.27. The van der Waals surface area contributed by atoms with Gasteiger partial charge in [-0.15, -0.1) is 10.1 Å². The summed E-state index contributed by atoms with van der Waals surface area (Å²) in [6.07, 6.45) is 0. The molecule has 0 amide bonds. The minimum Gasteiger partial charge on any atom is -0.344 e. The first-order valence-corrected chi connectivity index (χ1v) is 4.13. The highest BCUT2D eigenvalue weighted by Crippen LogP contribution is 2.25. The van der Waals surface area contributed by atoms with Gasteiger partial charge in [0.2, 0.25) is 0 Å². The van der Waals surface area contributed by atoms with Gasteiger partial charge in [0, 0.05) is 5.39 Å². The Morgan fingerprint density at radius 3 is 2.47 bits per heavy atom. The number of rotatable bonds is 2. The Labute approximate surface area is 86.4 Å². The van der Waals surface area contributed by atoms with Crippen molar-refractivity contribution < 1.29 is 5.21 Å². The summed E-state index contributed by atoms with van der Waals surface area (Å²) in [4.78, 5) is 10.2. The lowest BCUT2D eigenvalue weighted by Gasteiger charge is -2.09. The van der Waals surface area contributed by atoms with E-state index in [9.17, 15) is 10.1 Å². The van der Waals surface area contributed by atoms with Crippen molar-refractivity contribution in [3.63, 3.8) is 0 Å². The van der Waals surface area contributed by atoms with Crippen molar-refractivity contribution in [1.29, 1.82) is 0 Å². The van der Waals surface area contributed by atoms with Gasteiger partial charge >= 0.3 is 0 Å². The summed E-state index contributed by atoms with van der Waals surface area (Å²) in [5.41, 5.74) is 0.387. The number of hydrogen-bond acceptors (Lipinski definition) is 4. The maximum atomic E-state index is 10.2. The van der Waals surface area contributed by atoms with Gasteiger partial charge in [0.05, 0.1) is 5.29 Å². The molecular weight excluding hydrogens is 194 g/mol. The summed E-state index contributed by atoms with van der Waals surface area (Å²) in [7, 11) is 0. The van der Waals surface area contributed by atoms with E-state index >= 15 is 0 Å². The van der Waals surface area contributed by atoms with Crippen LogP contribution in [-0.2, 0) is 0 Å². The second-order valence-corrected chi connectivity index (χ2v) is 2.87. The van der Waals surface area contributed by atoms with Gasteiger partial charge in [0.1, 0.15) is 5.69 Å². The van der Waals surface area contributed by atoms with Crippen LogP contribution >= 0.6 is 0 Å². The molecule has 0 radical (unpaired) electrons. The van der Waals surface area contributed by atoms with Gasteiger partial charge in [0.15, 0.2) is 0 Å². The Morgan fingerprint density at radius 1 is 1.07 bits per heavy atom. The molecule has 0 saturated heterocycles. The SMILES string of the molecule is N.O=NN(O)c1cccc2ccccc12. The van der Waals surface area contributed by atoms with Gasteiger partial charge in [-0.25, -0.2) is 0 Å². The number of nitrogens with zero attached hydrogens (tertiary/aromatic N) is 2. The largest absolute Gasteiger partial charge is 0.344 e. The van der Waals surface area contributed by atoms with Crippen molar-refractivity contribution in [2.75, 3.05) is 5.17 Å². The number of benzene rings is 2. The topological polar surface area (TPSA) is 87.9 Å². The van der Waals surface area contributed by atoms with Crippen LogP contribution in [0.5, 0.6) is 0 Å². The van der Waals surface area contributed by atoms with Crippen LogP contribution in [0.15, 0.2) is 47.8 Å². The van der Waals surface area contributed by atoms with Crippen molar-refractivity contribution in [1.82, 2.24) is 6.15 Å². The summed E-state index contributed by atoms with van der Waals surface area (Å²) >= 11 is 0. The minimum atomic E-state index is 0. The molecule has 0 atom stereocenters. The van der Waals surface area contributed by atoms with E-state index in [4.69, 9.17) is 0 Å². The molecule has 0 aliphatic carbocycles. The zero-order chi connectivity index (χ0) is 9.97. The molecule has 0 aromatic heterocycles. The molecule has 5 nitrogen and oxygen atoms in total. The second-order valence-electron chi connectivity index (χ2n) is 2.87. The molecule has 0 heterocycles. The average molecular weight is 205 g/mol. The molecule has 0 saturated carbocycles. The lowest BCUT2D eigenvalue weighted by Crippen LogP contribution is -2.07. The van der Waals surface area contributed by atoms with Crippen LogP contribution < -0.4 is 11.3 Å². The van der Waals surface area contributed by atoms with E-state index in [2.05, 4.69) is 5.29 Å². The highest BCUT2D eigenvalue weighted by atomic mass is 16.6. The fraction of sp³-hybridized carbons (Fsp3) is 0. The van der Waals surface area contributed by atoms with E-state index in [1.54, 1.807) is 12.1 Å². The molecule has 78 valence electrons. The number of nitroso groups, excluding NO2 is 1. The first-order chi connectivity index (χ1) is 6.83. The molecule has 0 fully saturated rings. The van der Waals surface area contributed by atoms with Crippen LogP contribution in [0.25, 0.3) is 10.8 Å². The molecule has 4 N–H and O–H groups in total. The molecule has 2 aromatic carbocycles. The number of fused-ring (bicyclic) bond motifs is 1. The Morgan fingerprint density at radius 2 is 1.73 bits per heavy atom. The van der Waals surface area contributed by atoms with Gasteiger partial charge in [-0.2, -0.15) is 0 Å². The Hall–Kier alpha value is -1.98. The smallest absolute Gasteiger partial charge is 0.101 e. The zero-order valence-electron chi connectivity index (χ0n) is 8.00. The Kier molecular flexibility index (Phi) is 3.33. The van der Waals surface area contributed by atoms with Crippen LogP contribution in [0.4, 0.5) is 5.69 Å². The molecule has 0 spiro atoms. The third-order valence-corrected chi connectivity index (χ3v) is 2.06. The third-order valence-electron chi connectivity index (χ3n) is 2.06. The van der Waals surface area contributed by atoms with E-state index in [1.807, 2.05) is 30.3 Å². The fourth-order valence-electron chi connectivity index (χ4n) is 1.43. The van der Waals surface area contributed by atoms with Gasteiger partial charge in [-0.1, -0.05) is 36.4 Å². The molecule has 0 bridgehead atoms. The predicted octanol–water partition coefficient (Wildman–Crippen LogP) is 2.88. The van der Waals surface area contributed by atoms with E-state index in [1.165, 1.54) is 0 Å². The maximum absolute atomic E-state index is 10.2. The third kappa shape index (κ3) is 1.93. The van der Waals surface area contributed by atoms with E-state index in [0.717, 1.165) is 10.8 Å². The van der Waals surface area contributed by atoms with E-state index in [0.29, 0.717) is 10.9 Å². The maximum Gasteiger partial charge on any atom is 0.101 e. The molecule has 5 heteroatoms. The van der Waals surface area contributed by atoms with Crippen LogP contribution in [0, 0.1) is 4.91 Å². The molecule has 2 aromatic rings. The summed E-state index contributed by atoms with van der Waals surface area (Å²) in [6, 6.07) is 12.7. The molecule has 0 unspecified atom stereocenters. The van der Waals surface area contributed by atoms with Crippen molar-refractivity contribution in [3.05, 3.63) is 47.4 Å². The van der Waals surface area contributed by atoms with Gasteiger partial charge < -0.3 is 6.15 Å². The number of anilines is 1.